The van der Waals surface area contributed by atoms with Gasteiger partial charge in [0.2, 0.25) is 5.91 Å². The fourth-order valence-corrected chi connectivity index (χ4v) is 2.81. The Morgan fingerprint density at radius 3 is 2.50 bits per heavy atom. The average molecular weight is 353 g/mol. The molecule has 1 aliphatic rings. The number of nitrogens with one attached hydrogen (secondary N) is 2. The smallest absolute Gasteiger partial charge is 0.274 e. The third-order valence-corrected chi connectivity index (χ3v) is 4.59. The molecule has 0 heterocycles. The van der Waals surface area contributed by atoms with Crippen molar-refractivity contribution in [1.82, 2.24) is 0 Å². The van der Waals surface area contributed by atoms with E-state index in [0.717, 1.165) is 6.42 Å². The molecule has 2 amide bonds. The number of amides is 2. The van der Waals surface area contributed by atoms with E-state index in [9.17, 15) is 19.7 Å². The van der Waals surface area contributed by atoms with Gasteiger partial charge in [-0.15, -0.1) is 0 Å². The Morgan fingerprint density at radius 2 is 1.85 bits per heavy atom. The molecule has 0 spiro atoms. The van der Waals surface area contributed by atoms with Gasteiger partial charge < -0.3 is 10.6 Å². The van der Waals surface area contributed by atoms with Crippen LogP contribution in [0.5, 0.6) is 0 Å². The van der Waals surface area contributed by atoms with Crippen molar-refractivity contribution in [2.24, 2.45) is 11.8 Å². The number of carbonyl (C=O) groups excluding carboxylic acids is 2. The lowest BCUT2D eigenvalue weighted by Gasteiger charge is -2.10. The van der Waals surface area contributed by atoms with E-state index in [1.165, 1.54) is 12.1 Å². The van der Waals surface area contributed by atoms with Gasteiger partial charge in [-0.05, 0) is 43.5 Å². The molecule has 0 radical (unpaired) electrons. The van der Waals surface area contributed by atoms with E-state index < -0.39 is 10.8 Å². The van der Waals surface area contributed by atoms with Crippen molar-refractivity contribution in [3.05, 3.63) is 63.7 Å². The first-order valence-electron chi connectivity index (χ1n) is 8.33. The van der Waals surface area contributed by atoms with Crippen LogP contribution in [0.15, 0.2) is 42.5 Å². The van der Waals surface area contributed by atoms with Crippen LogP contribution in [0.1, 0.15) is 29.3 Å². The van der Waals surface area contributed by atoms with Crippen molar-refractivity contribution in [1.29, 1.82) is 0 Å². The van der Waals surface area contributed by atoms with E-state index in [2.05, 4.69) is 10.6 Å². The van der Waals surface area contributed by atoms with Crippen LogP contribution in [0.2, 0.25) is 0 Å². The first kappa shape index (κ1) is 17.6. The zero-order valence-electron chi connectivity index (χ0n) is 14.5. The number of nitro groups is 1. The van der Waals surface area contributed by atoms with Crippen LogP contribution in [-0.4, -0.2) is 16.7 Å². The van der Waals surface area contributed by atoms with Gasteiger partial charge in [-0.25, -0.2) is 0 Å². The lowest BCUT2D eigenvalue weighted by Crippen LogP contribution is -2.16. The Kier molecular flexibility index (Phi) is 4.71. The number of hydrogen-bond donors (Lipinski definition) is 2. The maximum absolute atomic E-state index is 12.5. The standard InChI is InChI=1S/C19H19N3O4/c1-11-9-15(11)19(24)20-14-6-3-5-13(10-14)18(23)21-16-7-4-8-17(12(16)2)22(25)26/h3-8,10-11,15H,9H2,1-2H3,(H,20,24)(H,21,23). The zero-order chi connectivity index (χ0) is 18.8. The first-order valence-corrected chi connectivity index (χ1v) is 8.33. The summed E-state index contributed by atoms with van der Waals surface area (Å²) in [4.78, 5) is 35.0. The van der Waals surface area contributed by atoms with Gasteiger partial charge in [-0.1, -0.05) is 19.1 Å². The molecule has 26 heavy (non-hydrogen) atoms. The van der Waals surface area contributed by atoms with Crippen molar-refractivity contribution in [3.8, 4) is 0 Å². The summed E-state index contributed by atoms with van der Waals surface area (Å²) in [6, 6.07) is 11.1. The molecule has 7 nitrogen and oxygen atoms in total. The molecule has 0 bridgehead atoms. The van der Waals surface area contributed by atoms with Crippen LogP contribution in [0.4, 0.5) is 17.1 Å². The molecule has 2 aromatic carbocycles. The average Bonchev–Trinajstić information content (AvgIpc) is 3.33. The lowest BCUT2D eigenvalue weighted by molar-refractivity contribution is -0.385. The molecule has 1 fully saturated rings. The van der Waals surface area contributed by atoms with Gasteiger partial charge in [-0.3, -0.25) is 19.7 Å². The fourth-order valence-electron chi connectivity index (χ4n) is 2.81. The molecule has 0 aromatic heterocycles. The monoisotopic (exact) mass is 353 g/mol. The molecule has 0 aliphatic heterocycles. The first-order chi connectivity index (χ1) is 12.4. The predicted molar refractivity (Wildman–Crippen MR) is 98.1 cm³/mol. The summed E-state index contributed by atoms with van der Waals surface area (Å²) in [5.41, 5.74) is 1.63. The van der Waals surface area contributed by atoms with Crippen LogP contribution in [0.3, 0.4) is 0 Å². The maximum atomic E-state index is 12.5. The molecule has 7 heteroatoms. The highest BCUT2D eigenvalue weighted by atomic mass is 16.6. The highest BCUT2D eigenvalue weighted by molar-refractivity contribution is 6.06. The Morgan fingerprint density at radius 1 is 1.15 bits per heavy atom. The van der Waals surface area contributed by atoms with Crippen LogP contribution >= 0.6 is 0 Å². The number of benzene rings is 2. The summed E-state index contributed by atoms with van der Waals surface area (Å²) >= 11 is 0. The van der Waals surface area contributed by atoms with E-state index in [4.69, 9.17) is 0 Å². The van der Waals surface area contributed by atoms with Gasteiger partial charge in [0.05, 0.1) is 16.2 Å². The Hall–Kier alpha value is -3.22. The van der Waals surface area contributed by atoms with Gasteiger partial charge in [-0.2, -0.15) is 0 Å². The van der Waals surface area contributed by atoms with Crippen molar-refractivity contribution >= 4 is 28.9 Å². The van der Waals surface area contributed by atoms with E-state index in [1.807, 2.05) is 6.92 Å². The number of hydrogen-bond acceptors (Lipinski definition) is 4. The fraction of sp³-hybridized carbons (Fsp3) is 0.263. The highest BCUT2D eigenvalue weighted by Gasteiger charge is 2.39. The normalized spacial score (nSPS) is 18.1. The summed E-state index contributed by atoms with van der Waals surface area (Å²) in [6.07, 6.45) is 0.887. The summed E-state index contributed by atoms with van der Waals surface area (Å²) in [7, 11) is 0. The Labute approximate surface area is 150 Å². The van der Waals surface area contributed by atoms with Gasteiger partial charge in [0.1, 0.15) is 0 Å². The molecule has 3 rings (SSSR count). The second-order valence-electron chi connectivity index (χ2n) is 6.55. The second-order valence-corrected chi connectivity index (χ2v) is 6.55. The third-order valence-electron chi connectivity index (χ3n) is 4.59. The van der Waals surface area contributed by atoms with Gasteiger partial charge in [0, 0.05) is 23.2 Å². The van der Waals surface area contributed by atoms with E-state index in [0.29, 0.717) is 28.4 Å². The van der Waals surface area contributed by atoms with Crippen LogP contribution in [-0.2, 0) is 4.79 Å². The number of nitro benzene ring substituents is 1. The van der Waals surface area contributed by atoms with E-state index in [-0.39, 0.29) is 17.5 Å². The van der Waals surface area contributed by atoms with E-state index in [1.54, 1.807) is 37.3 Å². The molecule has 1 aliphatic carbocycles. The topological polar surface area (TPSA) is 101 Å². The van der Waals surface area contributed by atoms with Crippen molar-refractivity contribution in [2.45, 2.75) is 20.3 Å². The minimum Gasteiger partial charge on any atom is -0.326 e. The quantitative estimate of drug-likeness (QED) is 0.631. The second kappa shape index (κ2) is 6.95. The lowest BCUT2D eigenvalue weighted by atomic mass is 10.1. The molecule has 2 unspecified atom stereocenters. The van der Waals surface area contributed by atoms with Gasteiger partial charge in [0.15, 0.2) is 0 Å². The third kappa shape index (κ3) is 3.72. The van der Waals surface area contributed by atoms with Crippen LogP contribution in [0.25, 0.3) is 0 Å². The number of rotatable bonds is 5. The molecule has 2 aromatic rings. The molecule has 2 atom stereocenters. The number of nitrogens with zero attached hydrogens (tertiary/aromatic N) is 1. The minimum atomic E-state index is -0.486. The summed E-state index contributed by atoms with van der Waals surface area (Å²) < 4.78 is 0. The largest absolute Gasteiger partial charge is 0.326 e. The summed E-state index contributed by atoms with van der Waals surface area (Å²) in [5.74, 6) is 0.00685. The van der Waals surface area contributed by atoms with Gasteiger partial charge >= 0.3 is 0 Å². The molecular formula is C19H19N3O4. The van der Waals surface area contributed by atoms with Crippen molar-refractivity contribution in [3.63, 3.8) is 0 Å². The Bertz CT molecular complexity index is 894. The van der Waals surface area contributed by atoms with Crippen LogP contribution < -0.4 is 10.6 Å². The highest BCUT2D eigenvalue weighted by Crippen LogP contribution is 2.38. The molecule has 134 valence electrons. The van der Waals surface area contributed by atoms with Gasteiger partial charge in [0.25, 0.3) is 11.6 Å². The maximum Gasteiger partial charge on any atom is 0.274 e. The summed E-state index contributed by atoms with van der Waals surface area (Å²) in [5, 5.41) is 16.5. The molecule has 1 saturated carbocycles. The number of carbonyl (C=O) groups is 2. The molecule has 2 N–H and O–H groups in total. The minimum absolute atomic E-state index is 0.0374. The van der Waals surface area contributed by atoms with E-state index >= 15 is 0 Å². The Balaban J connectivity index is 1.74. The predicted octanol–water partition coefficient (Wildman–Crippen LogP) is 3.75. The molecule has 0 saturated heterocycles. The summed E-state index contributed by atoms with van der Waals surface area (Å²) in [6.45, 7) is 3.61. The zero-order valence-corrected chi connectivity index (χ0v) is 14.5. The van der Waals surface area contributed by atoms with Crippen molar-refractivity contribution < 1.29 is 14.5 Å². The van der Waals surface area contributed by atoms with Crippen molar-refractivity contribution in [2.75, 3.05) is 10.6 Å². The SMILES string of the molecule is Cc1c(NC(=O)c2cccc(NC(=O)C3CC3C)c2)cccc1[N+](=O)[O-]. The number of anilines is 2. The van der Waals surface area contributed by atoms with Crippen LogP contribution in [0, 0.1) is 28.9 Å². The molecular weight excluding hydrogens is 334 g/mol.